The van der Waals surface area contributed by atoms with Crippen LogP contribution in [0, 0.1) is 17.0 Å². The van der Waals surface area contributed by atoms with Gasteiger partial charge in [-0.1, -0.05) is 0 Å². The number of carbonyl (C=O) groups excluding carboxylic acids is 1. The zero-order valence-corrected chi connectivity index (χ0v) is 12.2. The molecule has 1 heterocycles. The normalized spacial score (nSPS) is 10.8. The third-order valence-electron chi connectivity index (χ3n) is 2.98. The van der Waals surface area contributed by atoms with Crippen LogP contribution in [0.5, 0.6) is 0 Å². The average Bonchev–Trinajstić information content (AvgIpc) is 2.94. The van der Waals surface area contributed by atoms with Gasteiger partial charge in [-0.2, -0.15) is 0 Å². The number of ether oxygens (including phenoxy) is 1. The van der Waals surface area contributed by atoms with E-state index in [9.17, 15) is 14.9 Å². The van der Waals surface area contributed by atoms with Gasteiger partial charge in [-0.15, -0.1) is 0 Å². The summed E-state index contributed by atoms with van der Waals surface area (Å²) in [7, 11) is 0. The van der Waals surface area contributed by atoms with Crippen LogP contribution >= 0.6 is 0 Å². The van der Waals surface area contributed by atoms with Gasteiger partial charge < -0.3 is 9.15 Å². The fourth-order valence-corrected chi connectivity index (χ4v) is 1.97. The summed E-state index contributed by atoms with van der Waals surface area (Å²) >= 11 is 0. The summed E-state index contributed by atoms with van der Waals surface area (Å²) in [5.74, 6) is 0.642. The minimum Gasteiger partial charge on any atom is -0.463 e. The smallest absolute Gasteiger partial charge is 0.330 e. The highest BCUT2D eigenvalue weighted by atomic mass is 16.6. The van der Waals surface area contributed by atoms with E-state index in [0.29, 0.717) is 18.1 Å². The molecule has 0 N–H and O–H groups in total. The van der Waals surface area contributed by atoms with E-state index in [-0.39, 0.29) is 5.69 Å². The number of esters is 1. The molecular formula is C16H15NO5. The van der Waals surface area contributed by atoms with Gasteiger partial charge in [0.15, 0.2) is 0 Å². The second kappa shape index (κ2) is 6.71. The van der Waals surface area contributed by atoms with E-state index in [1.54, 1.807) is 32.0 Å². The molecule has 2 aromatic rings. The zero-order valence-electron chi connectivity index (χ0n) is 12.2. The Kier molecular flexibility index (Phi) is 4.73. The Bertz CT molecular complexity index is 730. The maximum absolute atomic E-state index is 11.2. The molecule has 1 aromatic heterocycles. The van der Waals surface area contributed by atoms with Crippen LogP contribution in [0.25, 0.3) is 17.4 Å². The molecule has 0 radical (unpaired) electrons. The fraction of sp³-hybridized carbons (Fsp3) is 0.188. The Morgan fingerprint density at radius 2 is 2.14 bits per heavy atom. The number of aryl methyl sites for hydroxylation is 1. The number of rotatable bonds is 5. The summed E-state index contributed by atoms with van der Waals surface area (Å²) in [5, 5.41) is 10.7. The van der Waals surface area contributed by atoms with Crippen molar-refractivity contribution in [1.82, 2.24) is 0 Å². The van der Waals surface area contributed by atoms with E-state index in [0.717, 1.165) is 11.1 Å². The molecule has 114 valence electrons. The molecule has 0 saturated carbocycles. The highest BCUT2D eigenvalue weighted by Gasteiger charge is 2.11. The second-order valence-electron chi connectivity index (χ2n) is 4.54. The first-order valence-electron chi connectivity index (χ1n) is 6.71. The van der Waals surface area contributed by atoms with Crippen LogP contribution in [-0.4, -0.2) is 17.5 Å². The van der Waals surface area contributed by atoms with E-state index < -0.39 is 10.9 Å². The van der Waals surface area contributed by atoms with Gasteiger partial charge >= 0.3 is 5.97 Å². The van der Waals surface area contributed by atoms with Gasteiger partial charge in [-0.3, -0.25) is 10.1 Å². The highest BCUT2D eigenvalue weighted by Crippen LogP contribution is 2.28. The lowest BCUT2D eigenvalue weighted by Gasteiger charge is -2.02. The molecular weight excluding hydrogens is 286 g/mol. The lowest BCUT2D eigenvalue weighted by atomic mass is 10.1. The van der Waals surface area contributed by atoms with E-state index in [4.69, 9.17) is 9.15 Å². The summed E-state index contributed by atoms with van der Waals surface area (Å²) in [6, 6.07) is 8.03. The molecule has 0 atom stereocenters. The number of carbonyl (C=O) groups is 1. The van der Waals surface area contributed by atoms with Gasteiger partial charge in [0, 0.05) is 23.8 Å². The van der Waals surface area contributed by atoms with Gasteiger partial charge in [0.25, 0.3) is 5.69 Å². The van der Waals surface area contributed by atoms with Gasteiger partial charge in [-0.05, 0) is 43.7 Å². The van der Waals surface area contributed by atoms with Gasteiger partial charge in [-0.25, -0.2) is 4.79 Å². The first-order valence-corrected chi connectivity index (χ1v) is 6.71. The minimum absolute atomic E-state index is 0.0373. The van der Waals surface area contributed by atoms with Crippen LogP contribution < -0.4 is 0 Å². The molecule has 0 spiro atoms. The van der Waals surface area contributed by atoms with Crippen molar-refractivity contribution in [2.45, 2.75) is 13.8 Å². The maximum atomic E-state index is 11.2. The molecule has 6 heteroatoms. The van der Waals surface area contributed by atoms with Crippen molar-refractivity contribution in [3.05, 3.63) is 57.8 Å². The number of non-ortho nitro benzene ring substituents is 1. The van der Waals surface area contributed by atoms with Crippen molar-refractivity contribution in [2.24, 2.45) is 0 Å². The third kappa shape index (κ3) is 3.60. The number of benzene rings is 1. The third-order valence-corrected chi connectivity index (χ3v) is 2.98. The number of furan rings is 1. The van der Waals surface area contributed by atoms with Crippen LogP contribution in [-0.2, 0) is 9.53 Å². The molecule has 0 aliphatic carbocycles. The monoisotopic (exact) mass is 301 g/mol. The van der Waals surface area contributed by atoms with Crippen molar-refractivity contribution in [3.63, 3.8) is 0 Å². The van der Waals surface area contributed by atoms with Crippen LogP contribution in [0.15, 0.2) is 40.8 Å². The van der Waals surface area contributed by atoms with Crippen molar-refractivity contribution >= 4 is 17.7 Å². The average molecular weight is 301 g/mol. The summed E-state index contributed by atoms with van der Waals surface area (Å²) in [4.78, 5) is 21.5. The molecule has 22 heavy (non-hydrogen) atoms. The van der Waals surface area contributed by atoms with E-state index in [1.807, 2.05) is 0 Å². The Labute approximate surface area is 127 Å². The highest BCUT2D eigenvalue weighted by molar-refractivity contribution is 5.86. The van der Waals surface area contributed by atoms with Gasteiger partial charge in [0.1, 0.15) is 11.5 Å². The maximum Gasteiger partial charge on any atom is 0.330 e. The summed E-state index contributed by atoms with van der Waals surface area (Å²) < 4.78 is 10.4. The van der Waals surface area contributed by atoms with Crippen molar-refractivity contribution in [3.8, 4) is 11.3 Å². The lowest BCUT2D eigenvalue weighted by molar-refractivity contribution is -0.384. The number of hydrogen-bond donors (Lipinski definition) is 0. The number of nitro benzene ring substituents is 1. The standard InChI is InChI=1S/C16H15NO5/c1-3-21-16(18)9-6-13-5-8-15(22-13)14-7-4-12(17(19)20)10-11(14)2/h4-10H,3H2,1-2H3. The molecule has 0 fully saturated rings. The molecule has 0 amide bonds. The Balaban J connectivity index is 2.21. The molecule has 0 unspecified atom stereocenters. The predicted molar refractivity (Wildman–Crippen MR) is 81.2 cm³/mol. The van der Waals surface area contributed by atoms with E-state index >= 15 is 0 Å². The van der Waals surface area contributed by atoms with Crippen LogP contribution in [0.4, 0.5) is 5.69 Å². The largest absolute Gasteiger partial charge is 0.463 e. The van der Waals surface area contributed by atoms with Crippen molar-refractivity contribution in [2.75, 3.05) is 6.61 Å². The summed E-state index contributed by atoms with van der Waals surface area (Å²) in [5.41, 5.74) is 1.54. The van der Waals surface area contributed by atoms with Gasteiger partial charge in [0.2, 0.25) is 0 Å². The molecule has 0 aliphatic heterocycles. The zero-order chi connectivity index (χ0) is 16.1. The number of nitro groups is 1. The Hall–Kier alpha value is -2.89. The summed E-state index contributed by atoms with van der Waals surface area (Å²) in [6.07, 6.45) is 2.80. The molecule has 6 nitrogen and oxygen atoms in total. The Morgan fingerprint density at radius 3 is 2.77 bits per heavy atom. The van der Waals surface area contributed by atoms with Crippen LogP contribution in [0.1, 0.15) is 18.2 Å². The fourth-order valence-electron chi connectivity index (χ4n) is 1.97. The van der Waals surface area contributed by atoms with E-state index in [1.165, 1.54) is 24.3 Å². The summed E-state index contributed by atoms with van der Waals surface area (Å²) in [6.45, 7) is 3.82. The molecule has 0 bridgehead atoms. The number of nitrogens with zero attached hydrogens (tertiary/aromatic N) is 1. The van der Waals surface area contributed by atoms with Gasteiger partial charge in [0.05, 0.1) is 11.5 Å². The molecule has 0 saturated heterocycles. The number of hydrogen-bond acceptors (Lipinski definition) is 5. The predicted octanol–water partition coefficient (Wildman–Crippen LogP) is 3.74. The van der Waals surface area contributed by atoms with Crippen LogP contribution in [0.2, 0.25) is 0 Å². The minimum atomic E-state index is -0.438. The SMILES string of the molecule is CCOC(=O)C=Cc1ccc(-c2ccc([N+](=O)[O-])cc2C)o1. The van der Waals surface area contributed by atoms with Crippen LogP contribution in [0.3, 0.4) is 0 Å². The second-order valence-corrected chi connectivity index (χ2v) is 4.54. The first kappa shape index (κ1) is 15.5. The molecule has 2 rings (SSSR count). The molecule has 0 aliphatic rings. The quantitative estimate of drug-likeness (QED) is 0.363. The van der Waals surface area contributed by atoms with Crippen molar-refractivity contribution in [1.29, 1.82) is 0 Å². The lowest BCUT2D eigenvalue weighted by Crippen LogP contribution is -1.98. The van der Waals surface area contributed by atoms with E-state index in [2.05, 4.69) is 0 Å². The van der Waals surface area contributed by atoms with Crippen molar-refractivity contribution < 1.29 is 18.9 Å². The first-order chi connectivity index (χ1) is 10.5. The Morgan fingerprint density at radius 1 is 1.36 bits per heavy atom. The topological polar surface area (TPSA) is 82.6 Å². The molecule has 1 aromatic carbocycles.